The van der Waals surface area contributed by atoms with Crippen molar-refractivity contribution < 1.29 is 19.4 Å². The van der Waals surface area contributed by atoms with Crippen molar-refractivity contribution >= 4 is 12.0 Å². The molecule has 1 rings (SSSR count). The first kappa shape index (κ1) is 13.8. The summed E-state index contributed by atoms with van der Waals surface area (Å²) in [6.45, 7) is 1.88. The minimum atomic E-state index is -0.839. The smallest absolute Gasteiger partial charge is 0.407 e. The number of phenolic OH excluding ortho intramolecular Hbond substituents is 1. The largest absolute Gasteiger partial charge is 0.508 e. The third-order valence-corrected chi connectivity index (χ3v) is 2.29. The van der Waals surface area contributed by atoms with Crippen molar-refractivity contribution in [1.29, 1.82) is 0 Å². The van der Waals surface area contributed by atoms with Crippen LogP contribution in [0.5, 0.6) is 5.75 Å². The highest BCUT2D eigenvalue weighted by molar-refractivity contribution is 5.84. The second kappa shape index (κ2) is 6.48. The van der Waals surface area contributed by atoms with E-state index < -0.39 is 18.0 Å². The van der Waals surface area contributed by atoms with E-state index in [1.165, 1.54) is 12.1 Å². The zero-order valence-electron chi connectivity index (χ0n) is 10.1. The molecule has 1 atom stereocenters. The standard InChI is InChI=1S/C12H16N2O4/c1-2-18-12(17)14-10(11(13)16)7-8-3-5-9(15)6-4-8/h3-6,10,15H,2,7H2,1H3,(H2,13,16)(H,14,17)/t10-/m0/s1. The van der Waals surface area contributed by atoms with E-state index in [-0.39, 0.29) is 18.8 Å². The molecule has 1 aromatic carbocycles. The summed E-state index contributed by atoms with van der Waals surface area (Å²) in [6, 6.07) is 5.46. The third kappa shape index (κ3) is 4.32. The van der Waals surface area contributed by atoms with Crippen molar-refractivity contribution in [2.45, 2.75) is 19.4 Å². The van der Waals surface area contributed by atoms with E-state index in [1.54, 1.807) is 19.1 Å². The average Bonchev–Trinajstić information content (AvgIpc) is 2.31. The molecule has 0 aliphatic rings. The second-order valence-electron chi connectivity index (χ2n) is 3.69. The molecule has 0 heterocycles. The quantitative estimate of drug-likeness (QED) is 0.711. The van der Waals surface area contributed by atoms with Gasteiger partial charge in [-0.15, -0.1) is 0 Å². The number of aromatic hydroxyl groups is 1. The van der Waals surface area contributed by atoms with E-state index in [4.69, 9.17) is 10.8 Å². The predicted octanol–water partition coefficient (Wildman–Crippen LogP) is 0.535. The van der Waals surface area contributed by atoms with Crippen molar-refractivity contribution in [2.75, 3.05) is 6.61 Å². The number of hydrogen-bond acceptors (Lipinski definition) is 4. The molecule has 0 aromatic heterocycles. The van der Waals surface area contributed by atoms with Crippen molar-refractivity contribution in [3.8, 4) is 5.75 Å². The lowest BCUT2D eigenvalue weighted by molar-refractivity contribution is -0.119. The molecule has 18 heavy (non-hydrogen) atoms. The lowest BCUT2D eigenvalue weighted by Crippen LogP contribution is -2.46. The number of nitrogens with one attached hydrogen (secondary N) is 1. The SMILES string of the molecule is CCOC(=O)N[C@@H](Cc1ccc(O)cc1)C(N)=O. The summed E-state index contributed by atoms with van der Waals surface area (Å²) in [5.74, 6) is -0.510. The van der Waals surface area contributed by atoms with Gasteiger partial charge in [0, 0.05) is 6.42 Å². The number of primary amides is 1. The highest BCUT2D eigenvalue weighted by atomic mass is 16.5. The minimum absolute atomic E-state index is 0.132. The maximum Gasteiger partial charge on any atom is 0.407 e. The molecule has 0 fully saturated rings. The molecule has 4 N–H and O–H groups in total. The van der Waals surface area contributed by atoms with Gasteiger partial charge in [0.25, 0.3) is 0 Å². The van der Waals surface area contributed by atoms with Crippen molar-refractivity contribution in [3.63, 3.8) is 0 Å². The molecule has 98 valence electrons. The monoisotopic (exact) mass is 252 g/mol. The minimum Gasteiger partial charge on any atom is -0.508 e. The van der Waals surface area contributed by atoms with E-state index in [0.717, 1.165) is 5.56 Å². The Balaban J connectivity index is 2.65. The van der Waals surface area contributed by atoms with Gasteiger partial charge in [-0.05, 0) is 24.6 Å². The molecule has 6 heteroatoms. The fraction of sp³-hybridized carbons (Fsp3) is 0.333. The molecule has 0 aliphatic heterocycles. The molecule has 0 radical (unpaired) electrons. The van der Waals surface area contributed by atoms with Crippen LogP contribution in [0.1, 0.15) is 12.5 Å². The van der Waals surface area contributed by atoms with Crippen molar-refractivity contribution in [1.82, 2.24) is 5.32 Å². The number of phenols is 1. The maximum atomic E-state index is 11.2. The van der Waals surface area contributed by atoms with Crippen LogP contribution < -0.4 is 11.1 Å². The van der Waals surface area contributed by atoms with Gasteiger partial charge in [0.15, 0.2) is 0 Å². The fourth-order valence-corrected chi connectivity index (χ4v) is 1.41. The summed E-state index contributed by atoms with van der Waals surface area (Å²) in [7, 11) is 0. The average molecular weight is 252 g/mol. The first-order chi connectivity index (χ1) is 8.52. The Labute approximate surface area is 105 Å². The van der Waals surface area contributed by atoms with E-state index in [2.05, 4.69) is 10.1 Å². The summed E-state index contributed by atoms with van der Waals surface area (Å²) >= 11 is 0. The number of benzene rings is 1. The van der Waals surface area contributed by atoms with Gasteiger partial charge in [-0.1, -0.05) is 12.1 Å². The molecule has 0 aliphatic carbocycles. The van der Waals surface area contributed by atoms with Crippen LogP contribution >= 0.6 is 0 Å². The van der Waals surface area contributed by atoms with Crippen molar-refractivity contribution in [3.05, 3.63) is 29.8 Å². The second-order valence-corrected chi connectivity index (χ2v) is 3.69. The zero-order chi connectivity index (χ0) is 13.5. The van der Waals surface area contributed by atoms with Gasteiger partial charge in [-0.25, -0.2) is 4.79 Å². The van der Waals surface area contributed by atoms with Crippen LogP contribution in [0.2, 0.25) is 0 Å². The van der Waals surface area contributed by atoms with Crippen LogP contribution in [-0.2, 0) is 16.0 Å². The van der Waals surface area contributed by atoms with Crippen LogP contribution in [0.3, 0.4) is 0 Å². The number of amides is 2. The van der Waals surface area contributed by atoms with Crippen LogP contribution in [0.4, 0.5) is 4.79 Å². The number of rotatable bonds is 5. The Bertz CT molecular complexity index is 417. The van der Waals surface area contributed by atoms with Gasteiger partial charge in [-0.2, -0.15) is 0 Å². The molecule has 0 unspecified atom stereocenters. The summed E-state index contributed by atoms with van der Waals surface area (Å²) in [5, 5.41) is 11.5. The number of carbonyl (C=O) groups excluding carboxylic acids is 2. The van der Waals surface area contributed by atoms with Gasteiger partial charge in [0.05, 0.1) is 6.61 Å². The lowest BCUT2D eigenvalue weighted by Gasteiger charge is -2.15. The molecule has 0 saturated heterocycles. The third-order valence-electron chi connectivity index (χ3n) is 2.29. The molecule has 1 aromatic rings. The molecule has 0 saturated carbocycles. The summed E-state index contributed by atoms with van der Waals surface area (Å²) in [4.78, 5) is 22.4. The van der Waals surface area contributed by atoms with Crippen LogP contribution in [-0.4, -0.2) is 29.8 Å². The lowest BCUT2D eigenvalue weighted by atomic mass is 10.1. The molecule has 0 spiro atoms. The Morgan fingerprint density at radius 3 is 2.50 bits per heavy atom. The van der Waals surface area contributed by atoms with E-state index in [9.17, 15) is 9.59 Å². The van der Waals surface area contributed by atoms with Crippen LogP contribution in [0.25, 0.3) is 0 Å². The molecule has 2 amide bonds. The van der Waals surface area contributed by atoms with E-state index in [1.807, 2.05) is 0 Å². The molecule has 6 nitrogen and oxygen atoms in total. The summed E-state index contributed by atoms with van der Waals surface area (Å²) in [5.41, 5.74) is 5.97. The van der Waals surface area contributed by atoms with Gasteiger partial charge < -0.3 is 20.9 Å². The van der Waals surface area contributed by atoms with Crippen LogP contribution in [0, 0.1) is 0 Å². The summed E-state index contributed by atoms with van der Waals surface area (Å²) in [6.07, 6.45) is -0.436. The normalized spacial score (nSPS) is 11.6. The Kier molecular flexibility index (Phi) is 4.98. The summed E-state index contributed by atoms with van der Waals surface area (Å²) < 4.78 is 4.68. The number of carbonyl (C=O) groups is 2. The first-order valence-corrected chi connectivity index (χ1v) is 5.53. The number of ether oxygens (including phenoxy) is 1. The number of hydrogen-bond donors (Lipinski definition) is 3. The van der Waals surface area contributed by atoms with Crippen LogP contribution in [0.15, 0.2) is 24.3 Å². The van der Waals surface area contributed by atoms with Crippen molar-refractivity contribution in [2.24, 2.45) is 5.73 Å². The Morgan fingerprint density at radius 2 is 2.00 bits per heavy atom. The number of nitrogens with two attached hydrogens (primary N) is 1. The van der Waals surface area contributed by atoms with Gasteiger partial charge >= 0.3 is 6.09 Å². The maximum absolute atomic E-state index is 11.2. The molecular formula is C12H16N2O4. The Morgan fingerprint density at radius 1 is 1.39 bits per heavy atom. The highest BCUT2D eigenvalue weighted by Gasteiger charge is 2.19. The first-order valence-electron chi connectivity index (χ1n) is 5.53. The van der Waals surface area contributed by atoms with E-state index >= 15 is 0 Å². The Hall–Kier alpha value is -2.24. The number of alkyl carbamates (subject to hydrolysis) is 1. The van der Waals surface area contributed by atoms with Gasteiger partial charge in [0.1, 0.15) is 11.8 Å². The predicted molar refractivity (Wildman–Crippen MR) is 65.0 cm³/mol. The highest BCUT2D eigenvalue weighted by Crippen LogP contribution is 2.11. The van der Waals surface area contributed by atoms with Gasteiger partial charge in [-0.3, -0.25) is 4.79 Å². The molecule has 0 bridgehead atoms. The van der Waals surface area contributed by atoms with E-state index in [0.29, 0.717) is 0 Å². The fourth-order valence-electron chi connectivity index (χ4n) is 1.41. The topological polar surface area (TPSA) is 102 Å². The zero-order valence-corrected chi connectivity index (χ0v) is 10.1. The van der Waals surface area contributed by atoms with Gasteiger partial charge in [0.2, 0.25) is 5.91 Å². The molecular weight excluding hydrogens is 236 g/mol.